The molecule has 0 aromatic heterocycles. The Balaban J connectivity index is 2.28. The zero-order valence-electron chi connectivity index (χ0n) is 7.60. The number of hydrogen-bond acceptors (Lipinski definition) is 4. The Morgan fingerprint density at radius 1 is 1.29 bits per heavy atom. The number of carbonyl (C=O) groups is 2. The fraction of sp³-hybridized carbons (Fsp3) is 0.500. The van der Waals surface area contributed by atoms with Crippen molar-refractivity contribution in [2.75, 3.05) is 26.3 Å². The molecule has 0 aromatic rings. The predicted molar refractivity (Wildman–Crippen MR) is 47.3 cm³/mol. The normalized spacial score (nSPS) is 18.3. The lowest BCUT2D eigenvalue weighted by Gasteiger charge is -2.26. The molecule has 1 fully saturated rings. The van der Waals surface area contributed by atoms with Gasteiger partial charge in [-0.05, 0) is 0 Å². The van der Waals surface area contributed by atoms with Crippen molar-refractivity contribution in [1.29, 1.82) is 0 Å². The molecule has 0 aliphatic carbocycles. The van der Waals surface area contributed by atoms with E-state index in [1.165, 1.54) is 0 Å². The molecule has 1 amide bonds. The van der Waals surface area contributed by atoms with Crippen molar-refractivity contribution in [3.63, 3.8) is 0 Å². The molecule has 1 aliphatic rings. The van der Waals surface area contributed by atoms with Gasteiger partial charge in [0, 0.05) is 25.2 Å². The van der Waals surface area contributed by atoms with E-state index in [9.17, 15) is 9.59 Å². The summed E-state index contributed by atoms with van der Waals surface area (Å²) in [6.07, 6.45) is 1.79. The van der Waals surface area contributed by atoms with Gasteiger partial charge >= 0.3 is 5.97 Å². The van der Waals surface area contributed by atoms with E-state index in [0.29, 0.717) is 26.3 Å². The maximum atomic E-state index is 11.1. The first-order valence-electron chi connectivity index (χ1n) is 4.23. The van der Waals surface area contributed by atoms with E-state index in [1.807, 2.05) is 0 Å². The molecular formula is C8H12N2O4. The summed E-state index contributed by atoms with van der Waals surface area (Å²) in [5.74, 6) is -1.57. The summed E-state index contributed by atoms with van der Waals surface area (Å²) in [4.78, 5) is 21.2. The van der Waals surface area contributed by atoms with E-state index in [4.69, 9.17) is 9.84 Å². The van der Waals surface area contributed by atoms with E-state index in [-0.39, 0.29) is 0 Å². The van der Waals surface area contributed by atoms with Gasteiger partial charge in [0.05, 0.1) is 13.2 Å². The molecule has 2 N–H and O–H groups in total. The number of nitrogens with zero attached hydrogens (tertiary/aromatic N) is 1. The third kappa shape index (κ3) is 4.01. The fourth-order valence-corrected chi connectivity index (χ4v) is 1.02. The number of aliphatic carboxylic acids is 1. The summed E-state index contributed by atoms with van der Waals surface area (Å²) >= 11 is 0. The van der Waals surface area contributed by atoms with Crippen LogP contribution in [-0.4, -0.2) is 48.3 Å². The monoisotopic (exact) mass is 200 g/mol. The number of morpholine rings is 1. The SMILES string of the molecule is O=C(O)/C=C/C(=O)NN1CCOCC1. The number of ether oxygens (including phenoxy) is 1. The highest BCUT2D eigenvalue weighted by Crippen LogP contribution is 1.92. The summed E-state index contributed by atoms with van der Waals surface area (Å²) in [7, 11) is 0. The van der Waals surface area contributed by atoms with Crippen LogP contribution in [0.15, 0.2) is 12.2 Å². The van der Waals surface area contributed by atoms with Crippen LogP contribution in [0.25, 0.3) is 0 Å². The Morgan fingerprint density at radius 3 is 2.50 bits per heavy atom. The number of amides is 1. The summed E-state index contributed by atoms with van der Waals surface area (Å²) in [6, 6.07) is 0. The molecule has 0 atom stereocenters. The molecule has 1 rings (SSSR count). The van der Waals surface area contributed by atoms with Crippen LogP contribution < -0.4 is 5.43 Å². The van der Waals surface area contributed by atoms with Crippen molar-refractivity contribution >= 4 is 11.9 Å². The van der Waals surface area contributed by atoms with Crippen LogP contribution in [0, 0.1) is 0 Å². The van der Waals surface area contributed by atoms with E-state index in [2.05, 4.69) is 5.43 Å². The van der Waals surface area contributed by atoms with Crippen LogP contribution in [0.1, 0.15) is 0 Å². The van der Waals surface area contributed by atoms with Gasteiger partial charge in [0.2, 0.25) is 0 Å². The lowest BCUT2D eigenvalue weighted by atomic mass is 10.4. The van der Waals surface area contributed by atoms with Crippen molar-refractivity contribution in [3.05, 3.63) is 12.2 Å². The number of carboxylic acids is 1. The molecule has 0 unspecified atom stereocenters. The lowest BCUT2D eigenvalue weighted by Crippen LogP contribution is -2.47. The van der Waals surface area contributed by atoms with Crippen molar-refractivity contribution in [2.45, 2.75) is 0 Å². The van der Waals surface area contributed by atoms with Gasteiger partial charge in [-0.15, -0.1) is 0 Å². The average Bonchev–Trinajstić information content (AvgIpc) is 2.16. The molecule has 0 bridgehead atoms. The van der Waals surface area contributed by atoms with Crippen LogP contribution in [0.3, 0.4) is 0 Å². The van der Waals surface area contributed by atoms with Gasteiger partial charge in [0.1, 0.15) is 0 Å². The molecule has 1 heterocycles. The van der Waals surface area contributed by atoms with E-state index < -0.39 is 11.9 Å². The first-order valence-corrected chi connectivity index (χ1v) is 4.23. The van der Waals surface area contributed by atoms with Crippen molar-refractivity contribution < 1.29 is 19.4 Å². The minimum absolute atomic E-state index is 0.436. The molecule has 0 radical (unpaired) electrons. The molecule has 0 aromatic carbocycles. The van der Waals surface area contributed by atoms with Gasteiger partial charge < -0.3 is 9.84 Å². The molecule has 1 saturated heterocycles. The number of carboxylic acid groups (broad SMARTS) is 1. The minimum atomic E-state index is -1.14. The highest BCUT2D eigenvalue weighted by Gasteiger charge is 2.11. The number of carbonyl (C=O) groups excluding carboxylic acids is 1. The van der Waals surface area contributed by atoms with Crippen LogP contribution in [0.5, 0.6) is 0 Å². The first-order chi connectivity index (χ1) is 6.68. The second-order valence-corrected chi connectivity index (χ2v) is 2.75. The van der Waals surface area contributed by atoms with Crippen LogP contribution >= 0.6 is 0 Å². The van der Waals surface area contributed by atoms with Crippen LogP contribution in [0.4, 0.5) is 0 Å². The first kappa shape index (κ1) is 10.7. The lowest BCUT2D eigenvalue weighted by molar-refractivity contribution is -0.132. The van der Waals surface area contributed by atoms with Gasteiger partial charge in [-0.2, -0.15) is 0 Å². The zero-order valence-corrected chi connectivity index (χ0v) is 7.60. The number of hydrazine groups is 1. The molecule has 0 spiro atoms. The van der Waals surface area contributed by atoms with E-state index in [1.54, 1.807) is 5.01 Å². The smallest absolute Gasteiger partial charge is 0.328 e. The van der Waals surface area contributed by atoms with Crippen molar-refractivity contribution in [1.82, 2.24) is 10.4 Å². The topological polar surface area (TPSA) is 78.9 Å². The second kappa shape index (κ2) is 5.36. The van der Waals surface area contributed by atoms with E-state index >= 15 is 0 Å². The molecule has 1 aliphatic heterocycles. The van der Waals surface area contributed by atoms with Crippen LogP contribution in [0.2, 0.25) is 0 Å². The standard InChI is InChI=1S/C8H12N2O4/c11-7(1-2-8(12)13)9-10-3-5-14-6-4-10/h1-2H,3-6H2,(H,9,11)(H,12,13)/b2-1+. The Bertz CT molecular complexity index is 246. The Hall–Kier alpha value is -1.40. The van der Waals surface area contributed by atoms with Crippen molar-refractivity contribution in [2.24, 2.45) is 0 Å². The van der Waals surface area contributed by atoms with Gasteiger partial charge in [0.25, 0.3) is 5.91 Å². The number of hydrogen-bond donors (Lipinski definition) is 2. The predicted octanol–water partition coefficient (Wildman–Crippen LogP) is -1.01. The highest BCUT2D eigenvalue weighted by molar-refractivity contribution is 5.93. The van der Waals surface area contributed by atoms with Gasteiger partial charge in [-0.25, -0.2) is 9.80 Å². The Morgan fingerprint density at radius 2 is 1.93 bits per heavy atom. The quantitative estimate of drug-likeness (QED) is 0.571. The molecule has 14 heavy (non-hydrogen) atoms. The maximum absolute atomic E-state index is 11.1. The number of nitrogens with one attached hydrogen (secondary N) is 1. The molecular weight excluding hydrogens is 188 g/mol. The largest absolute Gasteiger partial charge is 0.478 e. The molecule has 6 heteroatoms. The van der Waals surface area contributed by atoms with Crippen molar-refractivity contribution in [3.8, 4) is 0 Å². The minimum Gasteiger partial charge on any atom is -0.478 e. The second-order valence-electron chi connectivity index (χ2n) is 2.75. The Labute approximate surface area is 81.1 Å². The molecule has 0 saturated carbocycles. The van der Waals surface area contributed by atoms with Gasteiger partial charge in [-0.3, -0.25) is 10.2 Å². The number of rotatable bonds is 3. The zero-order chi connectivity index (χ0) is 10.4. The fourth-order valence-electron chi connectivity index (χ4n) is 1.02. The average molecular weight is 200 g/mol. The summed E-state index contributed by atoms with van der Waals surface area (Å²) in [6.45, 7) is 2.38. The summed E-state index contributed by atoms with van der Waals surface area (Å²) in [5.41, 5.74) is 2.54. The Kier molecular flexibility index (Phi) is 4.09. The van der Waals surface area contributed by atoms with Crippen LogP contribution in [-0.2, 0) is 14.3 Å². The van der Waals surface area contributed by atoms with Gasteiger partial charge in [0.15, 0.2) is 0 Å². The third-order valence-electron chi connectivity index (χ3n) is 1.66. The summed E-state index contributed by atoms with van der Waals surface area (Å²) in [5, 5.41) is 9.96. The highest BCUT2D eigenvalue weighted by atomic mass is 16.5. The summed E-state index contributed by atoms with van der Waals surface area (Å²) < 4.78 is 5.07. The van der Waals surface area contributed by atoms with Gasteiger partial charge in [-0.1, -0.05) is 0 Å². The molecule has 78 valence electrons. The molecule has 6 nitrogen and oxygen atoms in total. The maximum Gasteiger partial charge on any atom is 0.328 e. The third-order valence-corrected chi connectivity index (χ3v) is 1.66. The van der Waals surface area contributed by atoms with E-state index in [0.717, 1.165) is 12.2 Å².